The lowest BCUT2D eigenvalue weighted by atomic mass is 10.1. The topological polar surface area (TPSA) is 101 Å². The molecule has 1 fully saturated rings. The maximum absolute atomic E-state index is 12.6. The molecule has 1 aliphatic heterocycles. The van der Waals surface area contributed by atoms with E-state index in [0.717, 1.165) is 17.4 Å². The van der Waals surface area contributed by atoms with Gasteiger partial charge >= 0.3 is 0 Å². The Kier molecular flexibility index (Phi) is 5.88. The Balaban J connectivity index is 1.68. The molecule has 0 atom stereocenters. The van der Waals surface area contributed by atoms with E-state index in [9.17, 15) is 23.3 Å². The number of hydrogen-bond acceptors (Lipinski definition) is 6. The Morgan fingerprint density at radius 3 is 2.24 bits per heavy atom. The summed E-state index contributed by atoms with van der Waals surface area (Å²) in [5, 5.41) is 11.1. The average Bonchev–Trinajstić information content (AvgIpc) is 2.68. The summed E-state index contributed by atoms with van der Waals surface area (Å²) in [5.41, 5.74) is 2.28. The highest BCUT2D eigenvalue weighted by Gasteiger charge is 2.26. The van der Waals surface area contributed by atoms with Crippen LogP contribution in [0.15, 0.2) is 47.4 Å². The second-order valence-electron chi connectivity index (χ2n) is 7.21. The van der Waals surface area contributed by atoms with Crippen LogP contribution in [0.1, 0.15) is 11.1 Å². The molecule has 0 N–H and O–H groups in total. The number of amides is 1. The maximum atomic E-state index is 12.6. The molecule has 0 aliphatic carbocycles. The summed E-state index contributed by atoms with van der Waals surface area (Å²) in [5.74, 6) is 0.0500. The summed E-state index contributed by atoms with van der Waals surface area (Å²) in [6, 6.07) is 12.0. The van der Waals surface area contributed by atoms with Crippen molar-refractivity contribution >= 4 is 27.1 Å². The van der Waals surface area contributed by atoms with E-state index >= 15 is 0 Å². The maximum Gasteiger partial charge on any atom is 0.288 e. The van der Waals surface area contributed by atoms with Crippen LogP contribution in [-0.2, 0) is 21.1 Å². The number of hydrogen-bond donors (Lipinski definition) is 0. The van der Waals surface area contributed by atoms with Crippen molar-refractivity contribution in [2.75, 3.05) is 37.3 Å². The van der Waals surface area contributed by atoms with Crippen molar-refractivity contribution in [3.8, 4) is 0 Å². The average molecular weight is 417 g/mol. The molecule has 2 aromatic rings. The van der Waals surface area contributed by atoms with E-state index in [1.165, 1.54) is 12.1 Å². The SMILES string of the molecule is Cc1ccc(CC(=O)N2CCN(c3ccc([N+](=O)[O-])c(S(C)(=O)=O)c3)CC2)cc1. The summed E-state index contributed by atoms with van der Waals surface area (Å²) >= 11 is 0. The molecule has 3 rings (SSSR count). The molecule has 0 saturated carbocycles. The van der Waals surface area contributed by atoms with E-state index < -0.39 is 20.4 Å². The van der Waals surface area contributed by atoms with E-state index in [1.54, 1.807) is 11.0 Å². The van der Waals surface area contributed by atoms with Gasteiger partial charge in [0.25, 0.3) is 5.69 Å². The molecular formula is C20H23N3O5S. The van der Waals surface area contributed by atoms with Gasteiger partial charge in [0.2, 0.25) is 5.91 Å². The largest absolute Gasteiger partial charge is 0.368 e. The van der Waals surface area contributed by atoms with Crippen molar-refractivity contribution in [2.24, 2.45) is 0 Å². The minimum Gasteiger partial charge on any atom is -0.368 e. The van der Waals surface area contributed by atoms with Gasteiger partial charge in [-0.25, -0.2) is 8.42 Å². The van der Waals surface area contributed by atoms with E-state index in [2.05, 4.69) is 0 Å². The van der Waals surface area contributed by atoms with Gasteiger partial charge in [0, 0.05) is 44.2 Å². The Labute approximate surface area is 169 Å². The van der Waals surface area contributed by atoms with Gasteiger partial charge in [-0.1, -0.05) is 29.8 Å². The first kappa shape index (κ1) is 20.8. The normalized spacial score (nSPS) is 14.7. The van der Waals surface area contributed by atoms with Crippen LogP contribution in [0.2, 0.25) is 0 Å². The van der Waals surface area contributed by atoms with Crippen molar-refractivity contribution < 1.29 is 18.1 Å². The molecule has 0 aromatic heterocycles. The number of piperazine rings is 1. The van der Waals surface area contributed by atoms with Crippen molar-refractivity contribution in [3.63, 3.8) is 0 Å². The Morgan fingerprint density at radius 2 is 1.69 bits per heavy atom. The fourth-order valence-electron chi connectivity index (χ4n) is 3.35. The van der Waals surface area contributed by atoms with Crippen LogP contribution in [0, 0.1) is 17.0 Å². The summed E-state index contributed by atoms with van der Waals surface area (Å²) in [6.07, 6.45) is 1.30. The predicted molar refractivity (Wildman–Crippen MR) is 110 cm³/mol. The minimum atomic E-state index is -3.73. The van der Waals surface area contributed by atoms with Gasteiger partial charge in [-0.05, 0) is 24.6 Å². The van der Waals surface area contributed by atoms with Gasteiger partial charge in [-0.3, -0.25) is 14.9 Å². The fraction of sp³-hybridized carbons (Fsp3) is 0.350. The molecule has 2 aromatic carbocycles. The molecule has 8 nitrogen and oxygen atoms in total. The number of anilines is 1. The lowest BCUT2D eigenvalue weighted by Crippen LogP contribution is -2.49. The van der Waals surface area contributed by atoms with Crippen molar-refractivity contribution in [2.45, 2.75) is 18.2 Å². The number of benzene rings is 2. The van der Waals surface area contributed by atoms with E-state index in [-0.39, 0.29) is 10.8 Å². The van der Waals surface area contributed by atoms with Gasteiger partial charge in [-0.15, -0.1) is 0 Å². The molecule has 1 aliphatic rings. The number of carbonyl (C=O) groups is 1. The van der Waals surface area contributed by atoms with E-state index in [4.69, 9.17) is 0 Å². The van der Waals surface area contributed by atoms with Gasteiger partial charge in [0.1, 0.15) is 4.90 Å². The molecule has 9 heteroatoms. The van der Waals surface area contributed by atoms with Crippen LogP contribution in [-0.4, -0.2) is 56.6 Å². The monoisotopic (exact) mass is 417 g/mol. The molecule has 0 spiro atoms. The lowest BCUT2D eigenvalue weighted by molar-refractivity contribution is -0.387. The van der Waals surface area contributed by atoms with Crippen LogP contribution in [0.4, 0.5) is 11.4 Å². The third-order valence-electron chi connectivity index (χ3n) is 5.01. The van der Waals surface area contributed by atoms with Gasteiger partial charge in [0.05, 0.1) is 11.3 Å². The number of nitrogens with zero attached hydrogens (tertiary/aromatic N) is 3. The van der Waals surface area contributed by atoms with E-state index in [0.29, 0.717) is 38.3 Å². The molecule has 1 amide bonds. The fourth-order valence-corrected chi connectivity index (χ4v) is 4.21. The molecule has 0 bridgehead atoms. The van der Waals surface area contributed by atoms with Gasteiger partial charge in [0.15, 0.2) is 9.84 Å². The third kappa shape index (κ3) is 4.92. The van der Waals surface area contributed by atoms with Crippen molar-refractivity contribution in [3.05, 3.63) is 63.7 Å². The van der Waals surface area contributed by atoms with Crippen LogP contribution in [0.3, 0.4) is 0 Å². The zero-order valence-corrected chi connectivity index (χ0v) is 17.2. The first-order valence-electron chi connectivity index (χ1n) is 9.22. The van der Waals surface area contributed by atoms with Crippen molar-refractivity contribution in [1.29, 1.82) is 0 Å². The Bertz CT molecular complexity index is 1030. The number of nitro groups is 1. The third-order valence-corrected chi connectivity index (χ3v) is 6.14. The van der Waals surface area contributed by atoms with Crippen LogP contribution >= 0.6 is 0 Å². The molecule has 0 unspecified atom stereocenters. The standard InChI is InChI=1S/C20H23N3O5S/c1-15-3-5-16(6-4-15)13-20(24)22-11-9-21(10-12-22)17-7-8-18(23(25)26)19(14-17)29(2,27)28/h3-8,14H,9-13H2,1-2H3. The van der Waals surface area contributed by atoms with Gasteiger partial charge < -0.3 is 9.80 Å². The predicted octanol–water partition coefficient (Wildman–Crippen LogP) is 2.20. The number of sulfone groups is 1. The summed E-state index contributed by atoms with van der Waals surface area (Å²) in [4.78, 5) is 26.4. The van der Waals surface area contributed by atoms with Gasteiger partial charge in [-0.2, -0.15) is 0 Å². The molecule has 29 heavy (non-hydrogen) atoms. The highest BCUT2D eigenvalue weighted by molar-refractivity contribution is 7.90. The number of rotatable bonds is 5. The Hall–Kier alpha value is -2.94. The zero-order valence-electron chi connectivity index (χ0n) is 16.4. The Morgan fingerprint density at radius 1 is 1.07 bits per heavy atom. The smallest absolute Gasteiger partial charge is 0.288 e. The summed E-state index contributed by atoms with van der Waals surface area (Å²) in [6.45, 7) is 4.07. The summed E-state index contributed by atoms with van der Waals surface area (Å²) in [7, 11) is -3.73. The first-order valence-corrected chi connectivity index (χ1v) is 11.1. The second-order valence-corrected chi connectivity index (χ2v) is 9.20. The molecule has 154 valence electrons. The minimum absolute atomic E-state index is 0.0500. The highest BCUT2D eigenvalue weighted by atomic mass is 32.2. The highest BCUT2D eigenvalue weighted by Crippen LogP contribution is 2.29. The number of nitro benzene ring substituents is 1. The molecule has 1 heterocycles. The van der Waals surface area contributed by atoms with E-state index in [1.807, 2.05) is 36.1 Å². The number of aryl methyl sites for hydroxylation is 1. The molecular weight excluding hydrogens is 394 g/mol. The zero-order chi connectivity index (χ0) is 21.2. The second kappa shape index (κ2) is 8.20. The molecule has 0 radical (unpaired) electrons. The quantitative estimate of drug-likeness (QED) is 0.546. The molecule has 1 saturated heterocycles. The van der Waals surface area contributed by atoms with Crippen molar-refractivity contribution in [1.82, 2.24) is 4.90 Å². The number of carbonyl (C=O) groups excluding carboxylic acids is 1. The summed E-state index contributed by atoms with van der Waals surface area (Å²) < 4.78 is 23.9. The van der Waals surface area contributed by atoms with Crippen LogP contribution in [0.25, 0.3) is 0 Å². The lowest BCUT2D eigenvalue weighted by Gasteiger charge is -2.36. The first-order chi connectivity index (χ1) is 13.6. The van der Waals surface area contributed by atoms with Crippen LogP contribution in [0.5, 0.6) is 0 Å². The van der Waals surface area contributed by atoms with Crippen LogP contribution < -0.4 is 4.90 Å².